The molecular weight excluding hydrogens is 270 g/mol. The first-order valence-electron chi connectivity index (χ1n) is 8.29. The van der Waals surface area contributed by atoms with Gasteiger partial charge in [0, 0.05) is 18.5 Å². The van der Waals surface area contributed by atoms with Gasteiger partial charge in [-0.2, -0.15) is 0 Å². The minimum Gasteiger partial charge on any atom is -0.497 e. The number of methoxy groups -OCH3 is 1. The molecule has 2 aromatic rings. The van der Waals surface area contributed by atoms with Gasteiger partial charge < -0.3 is 10.1 Å². The Balaban J connectivity index is 1.55. The predicted molar refractivity (Wildman–Crippen MR) is 89.5 cm³/mol. The highest BCUT2D eigenvalue weighted by Gasteiger charge is 2.39. The summed E-state index contributed by atoms with van der Waals surface area (Å²) in [5, 5.41) is 3.79. The Morgan fingerprint density at radius 1 is 1.14 bits per heavy atom. The third-order valence-electron chi connectivity index (χ3n) is 5.43. The topological polar surface area (TPSA) is 21.3 Å². The van der Waals surface area contributed by atoms with Gasteiger partial charge in [-0.25, -0.2) is 0 Å². The standard InChI is InChI=1S/C20H23NO/c1-22-16-8-10-17-15(12-16)7-9-18-19(17)13-21-20(18)11-14-5-3-2-4-6-14/h2-6,8,10,12,18-21H,7,9,11,13H2,1H3. The van der Waals surface area contributed by atoms with Gasteiger partial charge in [-0.05, 0) is 54.0 Å². The first-order chi connectivity index (χ1) is 10.8. The van der Waals surface area contributed by atoms with Gasteiger partial charge in [-0.3, -0.25) is 0 Å². The van der Waals surface area contributed by atoms with E-state index in [2.05, 4.69) is 53.8 Å². The molecule has 1 heterocycles. The maximum Gasteiger partial charge on any atom is 0.119 e. The summed E-state index contributed by atoms with van der Waals surface area (Å²) in [7, 11) is 1.75. The van der Waals surface area contributed by atoms with Gasteiger partial charge in [0.25, 0.3) is 0 Å². The van der Waals surface area contributed by atoms with Crippen LogP contribution in [-0.4, -0.2) is 19.7 Å². The average molecular weight is 293 g/mol. The SMILES string of the molecule is COc1ccc2c(c1)CCC1C(Cc3ccccc3)NCC21. The molecule has 1 fully saturated rings. The smallest absolute Gasteiger partial charge is 0.119 e. The largest absolute Gasteiger partial charge is 0.497 e. The quantitative estimate of drug-likeness (QED) is 0.934. The number of rotatable bonds is 3. The van der Waals surface area contributed by atoms with E-state index < -0.39 is 0 Å². The van der Waals surface area contributed by atoms with E-state index in [0.29, 0.717) is 12.0 Å². The molecule has 2 nitrogen and oxygen atoms in total. The Kier molecular flexibility index (Phi) is 3.63. The molecule has 0 saturated carbocycles. The molecule has 4 rings (SSSR count). The molecule has 0 radical (unpaired) electrons. The van der Waals surface area contributed by atoms with E-state index in [-0.39, 0.29) is 0 Å². The van der Waals surface area contributed by atoms with Crippen molar-refractivity contribution in [1.29, 1.82) is 0 Å². The molecule has 0 aromatic heterocycles. The van der Waals surface area contributed by atoms with E-state index >= 15 is 0 Å². The maximum atomic E-state index is 5.38. The monoisotopic (exact) mass is 293 g/mol. The Labute approximate surface area is 132 Å². The molecule has 3 unspecified atom stereocenters. The molecule has 114 valence electrons. The molecule has 2 heteroatoms. The lowest BCUT2D eigenvalue weighted by Gasteiger charge is -2.31. The van der Waals surface area contributed by atoms with E-state index in [0.717, 1.165) is 24.6 Å². The summed E-state index contributed by atoms with van der Waals surface area (Å²) in [6.45, 7) is 1.11. The van der Waals surface area contributed by atoms with Crippen LogP contribution in [-0.2, 0) is 12.8 Å². The molecule has 1 aliphatic carbocycles. The van der Waals surface area contributed by atoms with Gasteiger partial charge in [0.05, 0.1) is 7.11 Å². The first kappa shape index (κ1) is 13.8. The highest BCUT2D eigenvalue weighted by molar-refractivity contribution is 5.41. The minimum atomic E-state index is 0.614. The lowest BCUT2D eigenvalue weighted by Crippen LogP contribution is -2.31. The Bertz CT molecular complexity index is 652. The lowest BCUT2D eigenvalue weighted by atomic mass is 9.73. The molecule has 22 heavy (non-hydrogen) atoms. The van der Waals surface area contributed by atoms with Crippen molar-refractivity contribution in [3.05, 3.63) is 65.2 Å². The highest BCUT2D eigenvalue weighted by Crippen LogP contribution is 2.42. The Morgan fingerprint density at radius 2 is 2.00 bits per heavy atom. The summed E-state index contributed by atoms with van der Waals surface area (Å²) in [5.74, 6) is 2.42. The fourth-order valence-electron chi connectivity index (χ4n) is 4.31. The summed E-state index contributed by atoms with van der Waals surface area (Å²) in [6, 6.07) is 18.1. The number of hydrogen-bond donors (Lipinski definition) is 1. The predicted octanol–water partition coefficient (Wildman–Crippen LogP) is 3.56. The van der Waals surface area contributed by atoms with Gasteiger partial charge in [0.1, 0.15) is 5.75 Å². The van der Waals surface area contributed by atoms with Crippen molar-refractivity contribution >= 4 is 0 Å². The zero-order valence-corrected chi connectivity index (χ0v) is 13.1. The fourth-order valence-corrected chi connectivity index (χ4v) is 4.31. The molecule has 1 saturated heterocycles. The van der Waals surface area contributed by atoms with Crippen molar-refractivity contribution in [3.8, 4) is 5.75 Å². The van der Waals surface area contributed by atoms with Crippen LogP contribution in [0.2, 0.25) is 0 Å². The second kappa shape index (κ2) is 5.77. The van der Waals surface area contributed by atoms with Gasteiger partial charge in [0.15, 0.2) is 0 Å². The Morgan fingerprint density at radius 3 is 2.82 bits per heavy atom. The molecule has 3 atom stereocenters. The molecule has 0 amide bonds. The van der Waals surface area contributed by atoms with Crippen LogP contribution in [0.25, 0.3) is 0 Å². The second-order valence-electron chi connectivity index (χ2n) is 6.58. The average Bonchev–Trinajstić information content (AvgIpc) is 2.98. The number of hydrogen-bond acceptors (Lipinski definition) is 2. The molecule has 2 aromatic carbocycles. The maximum absolute atomic E-state index is 5.38. The number of nitrogens with one attached hydrogen (secondary N) is 1. The summed E-state index contributed by atoms with van der Waals surface area (Å²) in [5.41, 5.74) is 4.48. The third-order valence-corrected chi connectivity index (χ3v) is 5.43. The number of aryl methyl sites for hydroxylation is 1. The number of benzene rings is 2. The first-order valence-corrected chi connectivity index (χ1v) is 8.29. The fraction of sp³-hybridized carbons (Fsp3) is 0.400. The van der Waals surface area contributed by atoms with E-state index in [4.69, 9.17) is 4.74 Å². The lowest BCUT2D eigenvalue weighted by molar-refractivity contribution is 0.370. The van der Waals surface area contributed by atoms with E-state index in [1.807, 2.05) is 0 Å². The van der Waals surface area contributed by atoms with Crippen LogP contribution in [0.5, 0.6) is 5.75 Å². The van der Waals surface area contributed by atoms with E-state index in [1.165, 1.54) is 24.0 Å². The molecule has 2 aliphatic rings. The molecule has 1 aliphatic heterocycles. The van der Waals surface area contributed by atoms with Crippen LogP contribution >= 0.6 is 0 Å². The number of fused-ring (bicyclic) bond motifs is 3. The number of ether oxygens (including phenoxy) is 1. The van der Waals surface area contributed by atoms with Gasteiger partial charge in [-0.1, -0.05) is 36.4 Å². The Hall–Kier alpha value is -1.80. The normalized spacial score (nSPS) is 26.3. The summed E-state index contributed by atoms with van der Waals surface area (Å²) < 4.78 is 5.38. The summed E-state index contributed by atoms with van der Waals surface area (Å²) in [6.07, 6.45) is 3.61. The van der Waals surface area contributed by atoms with Crippen LogP contribution in [0.4, 0.5) is 0 Å². The van der Waals surface area contributed by atoms with Crippen LogP contribution in [0, 0.1) is 5.92 Å². The molecule has 1 N–H and O–H groups in total. The van der Waals surface area contributed by atoms with Crippen molar-refractivity contribution in [2.75, 3.05) is 13.7 Å². The van der Waals surface area contributed by atoms with Crippen LogP contribution in [0.1, 0.15) is 29.0 Å². The third kappa shape index (κ3) is 2.42. The summed E-state index contributed by atoms with van der Waals surface area (Å²) in [4.78, 5) is 0. The van der Waals surface area contributed by atoms with Crippen molar-refractivity contribution < 1.29 is 4.74 Å². The van der Waals surface area contributed by atoms with Crippen molar-refractivity contribution in [3.63, 3.8) is 0 Å². The molecular formula is C20H23NO. The minimum absolute atomic E-state index is 0.614. The molecule has 0 spiro atoms. The van der Waals surface area contributed by atoms with Crippen molar-refractivity contribution in [1.82, 2.24) is 5.32 Å². The van der Waals surface area contributed by atoms with E-state index in [1.54, 1.807) is 12.7 Å². The van der Waals surface area contributed by atoms with E-state index in [9.17, 15) is 0 Å². The van der Waals surface area contributed by atoms with Crippen LogP contribution < -0.4 is 10.1 Å². The zero-order chi connectivity index (χ0) is 14.9. The van der Waals surface area contributed by atoms with Crippen LogP contribution in [0.15, 0.2) is 48.5 Å². The van der Waals surface area contributed by atoms with Crippen molar-refractivity contribution in [2.45, 2.75) is 31.2 Å². The van der Waals surface area contributed by atoms with Crippen LogP contribution in [0.3, 0.4) is 0 Å². The molecule has 0 bridgehead atoms. The van der Waals surface area contributed by atoms with Gasteiger partial charge in [-0.15, -0.1) is 0 Å². The van der Waals surface area contributed by atoms with Crippen molar-refractivity contribution in [2.24, 2.45) is 5.92 Å². The van der Waals surface area contributed by atoms with Gasteiger partial charge in [0.2, 0.25) is 0 Å². The van der Waals surface area contributed by atoms with Gasteiger partial charge >= 0.3 is 0 Å². The summed E-state index contributed by atoms with van der Waals surface area (Å²) >= 11 is 0. The highest BCUT2D eigenvalue weighted by atomic mass is 16.5. The zero-order valence-electron chi connectivity index (χ0n) is 13.1. The second-order valence-corrected chi connectivity index (χ2v) is 6.58.